The summed E-state index contributed by atoms with van der Waals surface area (Å²) in [5.74, 6) is 0.114. The fourth-order valence-electron chi connectivity index (χ4n) is 2.36. The topological polar surface area (TPSA) is 75.9 Å². The van der Waals surface area contributed by atoms with Crippen LogP contribution in [0.3, 0.4) is 0 Å². The molecule has 0 spiro atoms. The monoisotopic (exact) mass is 305 g/mol. The van der Waals surface area contributed by atoms with Crippen molar-refractivity contribution >= 4 is 12.0 Å². The molecule has 1 fully saturated rings. The molecule has 22 heavy (non-hydrogen) atoms. The summed E-state index contributed by atoms with van der Waals surface area (Å²) in [7, 11) is 0. The molecule has 6 heteroatoms. The van der Waals surface area contributed by atoms with Crippen LogP contribution in [0.4, 0.5) is 4.79 Å². The first-order valence-electron chi connectivity index (χ1n) is 7.64. The Kier molecular flexibility index (Phi) is 6.21. The largest absolute Gasteiger partial charge is 0.445 e. The third-order valence-electron chi connectivity index (χ3n) is 3.69. The lowest BCUT2D eigenvalue weighted by Gasteiger charge is -2.34. The number of carbonyl (C=O) groups excluding carboxylic acids is 2. The van der Waals surface area contributed by atoms with Gasteiger partial charge in [0.05, 0.1) is 0 Å². The lowest BCUT2D eigenvalue weighted by atomic mass is 10.2. The van der Waals surface area contributed by atoms with E-state index >= 15 is 0 Å². The van der Waals surface area contributed by atoms with Crippen LogP contribution in [0.5, 0.6) is 0 Å². The standard InChI is InChI=1S/C16H23N3O3/c17-8-4-7-15(20)18-9-11-19(12-10-18)16(21)22-13-14-5-2-1-3-6-14/h1-3,5-6H,4,7-13,17H2. The van der Waals surface area contributed by atoms with Gasteiger partial charge in [0.15, 0.2) is 0 Å². The molecular weight excluding hydrogens is 282 g/mol. The maximum absolute atomic E-state index is 12.0. The van der Waals surface area contributed by atoms with Gasteiger partial charge in [-0.1, -0.05) is 30.3 Å². The minimum atomic E-state index is -0.321. The van der Waals surface area contributed by atoms with Crippen molar-refractivity contribution in [2.45, 2.75) is 19.4 Å². The van der Waals surface area contributed by atoms with Crippen molar-refractivity contribution in [1.29, 1.82) is 0 Å². The molecule has 0 aliphatic carbocycles. The average molecular weight is 305 g/mol. The van der Waals surface area contributed by atoms with Crippen LogP contribution in [0.1, 0.15) is 18.4 Å². The molecule has 1 saturated heterocycles. The molecule has 2 amide bonds. The van der Waals surface area contributed by atoms with E-state index in [-0.39, 0.29) is 18.6 Å². The zero-order chi connectivity index (χ0) is 15.8. The van der Waals surface area contributed by atoms with Crippen LogP contribution in [-0.4, -0.2) is 54.5 Å². The average Bonchev–Trinajstić information content (AvgIpc) is 2.58. The molecule has 0 saturated carbocycles. The summed E-state index contributed by atoms with van der Waals surface area (Å²) in [6, 6.07) is 9.58. The van der Waals surface area contributed by atoms with Crippen LogP contribution >= 0.6 is 0 Å². The van der Waals surface area contributed by atoms with Gasteiger partial charge in [-0.3, -0.25) is 4.79 Å². The molecule has 1 aromatic rings. The van der Waals surface area contributed by atoms with Gasteiger partial charge >= 0.3 is 6.09 Å². The van der Waals surface area contributed by atoms with Gasteiger partial charge in [-0.25, -0.2) is 4.79 Å². The maximum atomic E-state index is 12.0. The van der Waals surface area contributed by atoms with Crippen LogP contribution in [0.25, 0.3) is 0 Å². The highest BCUT2D eigenvalue weighted by atomic mass is 16.6. The SMILES string of the molecule is NCCCC(=O)N1CCN(C(=O)OCc2ccccc2)CC1. The highest BCUT2D eigenvalue weighted by Gasteiger charge is 2.24. The Morgan fingerprint density at radius 2 is 1.68 bits per heavy atom. The lowest BCUT2D eigenvalue weighted by Crippen LogP contribution is -2.50. The van der Waals surface area contributed by atoms with Crippen LogP contribution in [0, 0.1) is 0 Å². The number of hydrogen-bond donors (Lipinski definition) is 1. The van der Waals surface area contributed by atoms with Crippen LogP contribution in [-0.2, 0) is 16.1 Å². The van der Waals surface area contributed by atoms with Gasteiger partial charge < -0.3 is 20.3 Å². The van der Waals surface area contributed by atoms with Gasteiger partial charge in [0.2, 0.25) is 5.91 Å². The number of piperazine rings is 1. The van der Waals surface area contributed by atoms with Crippen LogP contribution in [0.15, 0.2) is 30.3 Å². The molecular formula is C16H23N3O3. The predicted octanol–water partition coefficient (Wildman–Crippen LogP) is 1.21. The number of benzene rings is 1. The first-order valence-corrected chi connectivity index (χ1v) is 7.64. The summed E-state index contributed by atoms with van der Waals surface area (Å²) < 4.78 is 5.30. The normalized spacial score (nSPS) is 14.8. The minimum Gasteiger partial charge on any atom is -0.445 e. The Bertz CT molecular complexity index is 485. The summed E-state index contributed by atoms with van der Waals surface area (Å²) in [6.07, 6.45) is 0.866. The molecule has 6 nitrogen and oxygen atoms in total. The van der Waals surface area contributed by atoms with E-state index in [1.165, 1.54) is 0 Å². The summed E-state index contributed by atoms with van der Waals surface area (Å²) >= 11 is 0. The summed E-state index contributed by atoms with van der Waals surface area (Å²) in [4.78, 5) is 27.3. The van der Waals surface area contributed by atoms with Crippen LogP contribution < -0.4 is 5.73 Å². The van der Waals surface area contributed by atoms with Gasteiger partial charge in [0.25, 0.3) is 0 Å². The van der Waals surface area contributed by atoms with Crippen molar-refractivity contribution in [3.05, 3.63) is 35.9 Å². The molecule has 0 unspecified atom stereocenters. The second kappa shape index (κ2) is 8.38. The van der Waals surface area contributed by atoms with Crippen molar-refractivity contribution in [2.24, 2.45) is 5.73 Å². The Morgan fingerprint density at radius 1 is 1.05 bits per heavy atom. The quantitative estimate of drug-likeness (QED) is 0.887. The van der Waals surface area contributed by atoms with E-state index in [0.29, 0.717) is 45.6 Å². The van der Waals surface area contributed by atoms with Crippen molar-refractivity contribution in [1.82, 2.24) is 9.80 Å². The molecule has 120 valence electrons. The smallest absolute Gasteiger partial charge is 0.410 e. The fourth-order valence-corrected chi connectivity index (χ4v) is 2.36. The first-order chi connectivity index (χ1) is 10.7. The zero-order valence-corrected chi connectivity index (χ0v) is 12.7. The van der Waals surface area contributed by atoms with Crippen molar-refractivity contribution < 1.29 is 14.3 Å². The summed E-state index contributed by atoms with van der Waals surface area (Å²) in [6.45, 7) is 2.95. The second-order valence-corrected chi connectivity index (χ2v) is 5.30. The van der Waals surface area contributed by atoms with E-state index in [2.05, 4.69) is 0 Å². The van der Waals surface area contributed by atoms with Crippen LogP contribution in [0.2, 0.25) is 0 Å². The molecule has 1 aliphatic heterocycles. The molecule has 0 aromatic heterocycles. The van der Waals surface area contributed by atoms with Crippen molar-refractivity contribution in [3.8, 4) is 0 Å². The fraction of sp³-hybridized carbons (Fsp3) is 0.500. The molecule has 0 atom stereocenters. The number of amides is 2. The van der Waals surface area contributed by atoms with Gasteiger partial charge in [0.1, 0.15) is 6.61 Å². The van der Waals surface area contributed by atoms with Gasteiger partial charge in [0, 0.05) is 32.6 Å². The number of ether oxygens (including phenoxy) is 1. The Labute approximate surface area is 130 Å². The highest BCUT2D eigenvalue weighted by Crippen LogP contribution is 2.08. The Morgan fingerprint density at radius 3 is 2.32 bits per heavy atom. The van der Waals surface area contributed by atoms with Gasteiger partial charge in [-0.2, -0.15) is 0 Å². The number of nitrogens with zero attached hydrogens (tertiary/aromatic N) is 2. The van der Waals surface area contributed by atoms with E-state index in [0.717, 1.165) is 5.56 Å². The second-order valence-electron chi connectivity index (χ2n) is 5.30. The molecule has 0 radical (unpaired) electrons. The Hall–Kier alpha value is -2.08. The molecule has 0 bridgehead atoms. The van der Waals surface area contributed by atoms with Gasteiger partial charge in [-0.15, -0.1) is 0 Å². The molecule has 2 N–H and O–H groups in total. The van der Waals surface area contributed by atoms with E-state index in [4.69, 9.17) is 10.5 Å². The Balaban J connectivity index is 1.72. The molecule has 2 rings (SSSR count). The summed E-state index contributed by atoms with van der Waals surface area (Å²) in [5.41, 5.74) is 6.37. The first kappa shape index (κ1) is 16.3. The molecule has 1 aliphatic rings. The third kappa shape index (κ3) is 4.73. The zero-order valence-electron chi connectivity index (χ0n) is 12.7. The minimum absolute atomic E-state index is 0.114. The van der Waals surface area contributed by atoms with E-state index in [9.17, 15) is 9.59 Å². The number of nitrogens with two attached hydrogens (primary N) is 1. The maximum Gasteiger partial charge on any atom is 0.410 e. The van der Waals surface area contributed by atoms with E-state index in [1.807, 2.05) is 30.3 Å². The number of rotatable bonds is 5. The molecule has 1 aromatic carbocycles. The predicted molar refractivity (Wildman–Crippen MR) is 83.1 cm³/mol. The van der Waals surface area contributed by atoms with E-state index < -0.39 is 0 Å². The highest BCUT2D eigenvalue weighted by molar-refractivity contribution is 5.76. The van der Waals surface area contributed by atoms with E-state index in [1.54, 1.807) is 9.80 Å². The van der Waals surface area contributed by atoms with Crippen molar-refractivity contribution in [3.63, 3.8) is 0 Å². The van der Waals surface area contributed by atoms with Crippen molar-refractivity contribution in [2.75, 3.05) is 32.7 Å². The number of carbonyl (C=O) groups is 2. The molecule has 1 heterocycles. The summed E-state index contributed by atoms with van der Waals surface area (Å²) in [5, 5.41) is 0. The third-order valence-corrected chi connectivity index (χ3v) is 3.69. The lowest BCUT2D eigenvalue weighted by molar-refractivity contribution is -0.132. The number of hydrogen-bond acceptors (Lipinski definition) is 4. The van der Waals surface area contributed by atoms with Gasteiger partial charge in [-0.05, 0) is 18.5 Å².